The molecule has 1 aliphatic heterocycles. The lowest BCUT2D eigenvalue weighted by atomic mass is 9.98. The van der Waals surface area contributed by atoms with Crippen LogP contribution < -0.4 is 0 Å². The van der Waals surface area contributed by atoms with Crippen LogP contribution in [0.15, 0.2) is 24.3 Å². The zero-order valence-corrected chi connectivity index (χ0v) is 10.2. The number of hydrogen-bond donors (Lipinski definition) is 1. The average Bonchev–Trinajstić information content (AvgIpc) is 2.39. The highest BCUT2D eigenvalue weighted by Gasteiger charge is 2.23. The van der Waals surface area contributed by atoms with E-state index < -0.39 is 0 Å². The monoisotopic (exact) mass is 233 g/mol. The van der Waals surface area contributed by atoms with Crippen molar-refractivity contribution in [2.45, 2.75) is 19.8 Å². The fraction of sp³-hybridized carbons (Fsp3) is 0.500. The lowest BCUT2D eigenvalue weighted by Crippen LogP contribution is -2.40. The number of rotatable bonds is 2. The Labute approximate surface area is 102 Å². The number of aryl methyl sites for hydroxylation is 1. The molecule has 0 aliphatic carbocycles. The molecule has 0 bridgehead atoms. The van der Waals surface area contributed by atoms with E-state index in [1.165, 1.54) is 0 Å². The quantitative estimate of drug-likeness (QED) is 0.846. The summed E-state index contributed by atoms with van der Waals surface area (Å²) >= 11 is 0. The summed E-state index contributed by atoms with van der Waals surface area (Å²) < 4.78 is 0. The fourth-order valence-electron chi connectivity index (χ4n) is 2.28. The van der Waals surface area contributed by atoms with Gasteiger partial charge in [-0.1, -0.05) is 17.7 Å². The summed E-state index contributed by atoms with van der Waals surface area (Å²) in [6, 6.07) is 7.67. The van der Waals surface area contributed by atoms with Crippen molar-refractivity contribution >= 4 is 5.91 Å². The molecule has 0 unspecified atom stereocenters. The summed E-state index contributed by atoms with van der Waals surface area (Å²) in [5.41, 5.74) is 1.91. The summed E-state index contributed by atoms with van der Waals surface area (Å²) in [7, 11) is 0. The van der Waals surface area contributed by atoms with Gasteiger partial charge in [0.2, 0.25) is 0 Å². The zero-order chi connectivity index (χ0) is 12.3. The molecule has 1 aromatic carbocycles. The number of likely N-dealkylation sites (tertiary alicyclic amines) is 1. The van der Waals surface area contributed by atoms with Gasteiger partial charge in [0.1, 0.15) is 0 Å². The largest absolute Gasteiger partial charge is 0.396 e. The second-order valence-electron chi connectivity index (χ2n) is 4.81. The van der Waals surface area contributed by atoms with Gasteiger partial charge in [-0.2, -0.15) is 0 Å². The minimum atomic E-state index is 0.0863. The van der Waals surface area contributed by atoms with Crippen LogP contribution in [0.1, 0.15) is 28.8 Å². The van der Waals surface area contributed by atoms with E-state index in [0.29, 0.717) is 6.54 Å². The fourth-order valence-corrected chi connectivity index (χ4v) is 2.28. The van der Waals surface area contributed by atoms with Crippen LogP contribution >= 0.6 is 0 Å². The van der Waals surface area contributed by atoms with Crippen LogP contribution in [0.25, 0.3) is 0 Å². The Balaban J connectivity index is 2.06. The SMILES string of the molecule is Cc1ccc(C(=O)N2CCC[C@H](CO)C2)cc1. The molecule has 0 saturated carbocycles. The molecule has 1 fully saturated rings. The third kappa shape index (κ3) is 2.86. The number of nitrogens with zero attached hydrogens (tertiary/aromatic N) is 1. The van der Waals surface area contributed by atoms with Crippen LogP contribution in [0.2, 0.25) is 0 Å². The van der Waals surface area contributed by atoms with Crippen LogP contribution in [-0.4, -0.2) is 35.6 Å². The van der Waals surface area contributed by atoms with Gasteiger partial charge < -0.3 is 10.0 Å². The molecule has 1 saturated heterocycles. The molecule has 1 heterocycles. The van der Waals surface area contributed by atoms with E-state index in [4.69, 9.17) is 5.11 Å². The first-order valence-corrected chi connectivity index (χ1v) is 6.17. The molecule has 0 radical (unpaired) electrons. The maximum absolute atomic E-state index is 12.2. The maximum Gasteiger partial charge on any atom is 0.253 e. The van der Waals surface area contributed by atoms with Crippen LogP contribution in [-0.2, 0) is 0 Å². The van der Waals surface area contributed by atoms with Crippen molar-refractivity contribution in [1.29, 1.82) is 0 Å². The van der Waals surface area contributed by atoms with Gasteiger partial charge in [-0.25, -0.2) is 0 Å². The van der Waals surface area contributed by atoms with Crippen LogP contribution in [0.5, 0.6) is 0 Å². The number of carbonyl (C=O) groups is 1. The van der Waals surface area contributed by atoms with E-state index >= 15 is 0 Å². The van der Waals surface area contributed by atoms with Crippen molar-refractivity contribution < 1.29 is 9.90 Å². The summed E-state index contributed by atoms with van der Waals surface area (Å²) in [6.45, 7) is 3.68. The van der Waals surface area contributed by atoms with E-state index in [2.05, 4.69) is 0 Å². The first kappa shape index (κ1) is 12.1. The van der Waals surface area contributed by atoms with Gasteiger partial charge >= 0.3 is 0 Å². The number of carbonyl (C=O) groups excluding carboxylic acids is 1. The third-order valence-electron chi connectivity index (χ3n) is 3.36. The van der Waals surface area contributed by atoms with E-state index in [-0.39, 0.29) is 18.4 Å². The molecule has 1 aliphatic rings. The summed E-state index contributed by atoms with van der Waals surface area (Å²) in [4.78, 5) is 14.1. The highest BCUT2D eigenvalue weighted by atomic mass is 16.3. The van der Waals surface area contributed by atoms with Crippen LogP contribution in [0, 0.1) is 12.8 Å². The van der Waals surface area contributed by atoms with Crippen LogP contribution in [0.3, 0.4) is 0 Å². The van der Waals surface area contributed by atoms with Crippen molar-refractivity contribution in [1.82, 2.24) is 4.90 Å². The number of aliphatic hydroxyl groups excluding tert-OH is 1. The zero-order valence-electron chi connectivity index (χ0n) is 10.2. The molecule has 0 aromatic heterocycles. The van der Waals surface area contributed by atoms with Gasteiger partial charge in [0, 0.05) is 25.3 Å². The molecule has 3 nitrogen and oxygen atoms in total. The summed E-state index contributed by atoms with van der Waals surface area (Å²) in [6.07, 6.45) is 2.01. The van der Waals surface area contributed by atoms with E-state index in [9.17, 15) is 4.79 Å². The Morgan fingerprint density at radius 2 is 2.12 bits per heavy atom. The average molecular weight is 233 g/mol. The lowest BCUT2D eigenvalue weighted by Gasteiger charge is -2.31. The molecule has 2 rings (SSSR count). The molecule has 1 N–H and O–H groups in total. The number of hydrogen-bond acceptors (Lipinski definition) is 2. The predicted octanol–water partition coefficient (Wildman–Crippen LogP) is 1.84. The molecule has 17 heavy (non-hydrogen) atoms. The van der Waals surface area contributed by atoms with E-state index in [0.717, 1.165) is 30.5 Å². The number of amides is 1. The molecule has 1 amide bonds. The van der Waals surface area contributed by atoms with Gasteiger partial charge in [0.25, 0.3) is 5.91 Å². The molecule has 1 aromatic rings. The molecule has 0 spiro atoms. The Bertz CT molecular complexity index is 386. The summed E-state index contributed by atoms with van der Waals surface area (Å²) in [5.74, 6) is 0.335. The van der Waals surface area contributed by atoms with Crippen molar-refractivity contribution in [3.05, 3.63) is 35.4 Å². The molecular weight excluding hydrogens is 214 g/mol. The molecule has 3 heteroatoms. The Morgan fingerprint density at radius 1 is 1.41 bits per heavy atom. The number of aliphatic hydroxyl groups is 1. The Morgan fingerprint density at radius 3 is 2.76 bits per heavy atom. The van der Waals surface area contributed by atoms with Crippen LogP contribution in [0.4, 0.5) is 0 Å². The smallest absolute Gasteiger partial charge is 0.253 e. The highest BCUT2D eigenvalue weighted by molar-refractivity contribution is 5.94. The normalized spacial score (nSPS) is 20.4. The summed E-state index contributed by atoms with van der Waals surface area (Å²) in [5, 5.41) is 9.16. The maximum atomic E-state index is 12.2. The highest BCUT2D eigenvalue weighted by Crippen LogP contribution is 2.18. The van der Waals surface area contributed by atoms with Crippen molar-refractivity contribution in [2.75, 3.05) is 19.7 Å². The number of benzene rings is 1. The first-order valence-electron chi connectivity index (χ1n) is 6.17. The first-order chi connectivity index (χ1) is 8.20. The number of piperidine rings is 1. The molecular formula is C14H19NO2. The van der Waals surface area contributed by atoms with Crippen molar-refractivity contribution in [2.24, 2.45) is 5.92 Å². The molecule has 92 valence electrons. The van der Waals surface area contributed by atoms with Gasteiger partial charge in [0.05, 0.1) is 0 Å². The second-order valence-corrected chi connectivity index (χ2v) is 4.81. The topological polar surface area (TPSA) is 40.5 Å². The predicted molar refractivity (Wildman–Crippen MR) is 66.9 cm³/mol. The van der Waals surface area contributed by atoms with E-state index in [1.54, 1.807) is 0 Å². The van der Waals surface area contributed by atoms with Gasteiger partial charge in [-0.3, -0.25) is 4.79 Å². The Kier molecular flexibility index (Phi) is 3.79. The van der Waals surface area contributed by atoms with Crippen molar-refractivity contribution in [3.63, 3.8) is 0 Å². The lowest BCUT2D eigenvalue weighted by molar-refractivity contribution is 0.0620. The standard InChI is InChI=1S/C14H19NO2/c1-11-4-6-13(7-5-11)14(17)15-8-2-3-12(9-15)10-16/h4-7,12,16H,2-3,8-10H2,1H3/t12-/m0/s1. The molecule has 1 atom stereocenters. The second kappa shape index (κ2) is 5.32. The van der Waals surface area contributed by atoms with Crippen molar-refractivity contribution in [3.8, 4) is 0 Å². The third-order valence-corrected chi connectivity index (χ3v) is 3.36. The van der Waals surface area contributed by atoms with Gasteiger partial charge in [-0.15, -0.1) is 0 Å². The minimum absolute atomic E-state index is 0.0863. The Hall–Kier alpha value is -1.35. The van der Waals surface area contributed by atoms with E-state index in [1.807, 2.05) is 36.1 Å². The minimum Gasteiger partial charge on any atom is -0.396 e. The van der Waals surface area contributed by atoms with Gasteiger partial charge in [-0.05, 0) is 37.8 Å². The van der Waals surface area contributed by atoms with Gasteiger partial charge in [0.15, 0.2) is 0 Å².